The first kappa shape index (κ1) is 16.0. The van der Waals surface area contributed by atoms with Gasteiger partial charge in [0.15, 0.2) is 0 Å². The van der Waals surface area contributed by atoms with E-state index in [1.54, 1.807) is 0 Å². The Labute approximate surface area is 105 Å². The molecule has 1 heteroatoms. The summed E-state index contributed by atoms with van der Waals surface area (Å²) in [4.78, 5) is 0. The Bertz CT molecular complexity index is 176. The maximum Gasteiger partial charge on any atom is 0.0483 e. The number of allylic oxidation sites excluding steroid dienone is 1. The smallest absolute Gasteiger partial charge is 0.0483 e. The Kier molecular flexibility index (Phi) is 9.01. The molecule has 0 spiro atoms. The number of hydrogen-bond donors (Lipinski definition) is 0. The SMILES string of the molecule is C=C(CCCCCCCCC)C[Si](C)(C)C. The van der Waals surface area contributed by atoms with Crippen molar-refractivity contribution in [3.05, 3.63) is 12.2 Å². The van der Waals surface area contributed by atoms with Gasteiger partial charge in [-0.15, -0.1) is 6.58 Å². The van der Waals surface area contributed by atoms with E-state index in [2.05, 4.69) is 33.1 Å². The quantitative estimate of drug-likeness (QED) is 0.249. The molecule has 0 saturated heterocycles. The van der Waals surface area contributed by atoms with Crippen molar-refractivity contribution < 1.29 is 0 Å². The molecule has 0 saturated carbocycles. The number of unbranched alkanes of at least 4 members (excludes halogenated alkanes) is 6. The van der Waals surface area contributed by atoms with Crippen molar-refractivity contribution in [3.63, 3.8) is 0 Å². The summed E-state index contributed by atoms with van der Waals surface area (Å²) in [5.41, 5.74) is 1.51. The predicted octanol–water partition coefficient (Wildman–Crippen LogP) is 6.02. The highest BCUT2D eigenvalue weighted by molar-refractivity contribution is 6.76. The van der Waals surface area contributed by atoms with Crippen LogP contribution in [-0.4, -0.2) is 8.07 Å². The number of hydrogen-bond acceptors (Lipinski definition) is 0. The van der Waals surface area contributed by atoms with Crippen molar-refractivity contribution in [1.29, 1.82) is 0 Å². The van der Waals surface area contributed by atoms with Crippen LogP contribution >= 0.6 is 0 Å². The van der Waals surface area contributed by atoms with Crippen molar-refractivity contribution in [3.8, 4) is 0 Å². The fourth-order valence-electron chi connectivity index (χ4n) is 2.17. The second kappa shape index (κ2) is 9.04. The fourth-order valence-corrected chi connectivity index (χ4v) is 3.85. The fraction of sp³-hybridized carbons (Fsp3) is 0.867. The second-order valence-electron chi connectivity index (χ2n) is 6.36. The zero-order chi connectivity index (χ0) is 12.4. The summed E-state index contributed by atoms with van der Waals surface area (Å²) in [5, 5.41) is 0. The van der Waals surface area contributed by atoms with Crippen LogP contribution in [0.2, 0.25) is 25.7 Å². The third-order valence-electron chi connectivity index (χ3n) is 2.91. The van der Waals surface area contributed by atoms with E-state index in [1.807, 2.05) is 0 Å². The Hall–Kier alpha value is -0.0431. The van der Waals surface area contributed by atoms with Gasteiger partial charge in [-0.3, -0.25) is 0 Å². The van der Waals surface area contributed by atoms with E-state index < -0.39 is 8.07 Å². The van der Waals surface area contributed by atoms with E-state index in [9.17, 15) is 0 Å². The molecule has 0 amide bonds. The minimum Gasteiger partial charge on any atom is -0.100 e. The van der Waals surface area contributed by atoms with Crippen LogP contribution in [-0.2, 0) is 0 Å². The van der Waals surface area contributed by atoms with E-state index >= 15 is 0 Å². The van der Waals surface area contributed by atoms with E-state index in [4.69, 9.17) is 0 Å². The Morgan fingerprint density at radius 3 is 1.88 bits per heavy atom. The third kappa shape index (κ3) is 12.0. The van der Waals surface area contributed by atoms with Crippen LogP contribution in [0.4, 0.5) is 0 Å². The molecule has 0 fully saturated rings. The molecule has 0 aromatic heterocycles. The molecule has 16 heavy (non-hydrogen) atoms. The highest BCUT2D eigenvalue weighted by Crippen LogP contribution is 2.20. The summed E-state index contributed by atoms with van der Waals surface area (Å²) in [7, 11) is -0.906. The molecule has 0 aliphatic rings. The zero-order valence-corrected chi connectivity index (χ0v) is 13.1. The van der Waals surface area contributed by atoms with Crippen LogP contribution in [0.5, 0.6) is 0 Å². The average molecular weight is 241 g/mol. The van der Waals surface area contributed by atoms with Crippen LogP contribution in [0.3, 0.4) is 0 Å². The van der Waals surface area contributed by atoms with Crippen LogP contribution in [0.15, 0.2) is 12.2 Å². The van der Waals surface area contributed by atoms with Crippen molar-refractivity contribution in [2.45, 2.75) is 84.0 Å². The first-order valence-corrected chi connectivity index (χ1v) is 10.8. The zero-order valence-electron chi connectivity index (χ0n) is 12.1. The van der Waals surface area contributed by atoms with E-state index in [0.29, 0.717) is 0 Å². The van der Waals surface area contributed by atoms with E-state index in [1.165, 1.54) is 63.0 Å². The molecule has 0 aromatic carbocycles. The monoisotopic (exact) mass is 240 g/mol. The molecule has 0 aliphatic carbocycles. The van der Waals surface area contributed by atoms with Crippen molar-refractivity contribution in [2.75, 3.05) is 0 Å². The lowest BCUT2D eigenvalue weighted by Crippen LogP contribution is -2.19. The highest BCUT2D eigenvalue weighted by atomic mass is 28.3. The molecule has 0 heterocycles. The van der Waals surface area contributed by atoms with Crippen molar-refractivity contribution in [1.82, 2.24) is 0 Å². The van der Waals surface area contributed by atoms with Crippen LogP contribution in [0.1, 0.15) is 58.3 Å². The Morgan fingerprint density at radius 2 is 1.38 bits per heavy atom. The van der Waals surface area contributed by atoms with Crippen molar-refractivity contribution >= 4 is 8.07 Å². The van der Waals surface area contributed by atoms with E-state index in [0.717, 1.165) is 0 Å². The molecule has 0 atom stereocenters. The highest BCUT2D eigenvalue weighted by Gasteiger charge is 2.13. The molecule has 0 rings (SSSR count). The van der Waals surface area contributed by atoms with Gasteiger partial charge in [-0.05, 0) is 18.9 Å². The van der Waals surface area contributed by atoms with Gasteiger partial charge in [0.25, 0.3) is 0 Å². The molecule has 0 aromatic rings. The summed E-state index contributed by atoms with van der Waals surface area (Å²) >= 11 is 0. The molecule has 0 radical (unpaired) electrons. The van der Waals surface area contributed by atoms with Gasteiger partial charge in [0.1, 0.15) is 0 Å². The normalized spacial score (nSPS) is 11.8. The van der Waals surface area contributed by atoms with E-state index in [-0.39, 0.29) is 0 Å². The lowest BCUT2D eigenvalue weighted by Gasteiger charge is -2.17. The molecule has 0 N–H and O–H groups in total. The van der Waals surface area contributed by atoms with Gasteiger partial charge in [-0.1, -0.05) is 70.7 Å². The predicted molar refractivity (Wildman–Crippen MR) is 79.9 cm³/mol. The van der Waals surface area contributed by atoms with Gasteiger partial charge >= 0.3 is 0 Å². The molecular formula is C15H32Si. The Balaban J connectivity index is 3.28. The molecule has 0 unspecified atom stereocenters. The molecular weight excluding hydrogens is 208 g/mol. The van der Waals surface area contributed by atoms with Crippen molar-refractivity contribution in [2.24, 2.45) is 0 Å². The summed E-state index contributed by atoms with van der Waals surface area (Å²) in [6, 6.07) is 1.32. The molecule has 0 aliphatic heterocycles. The van der Waals surface area contributed by atoms with Crippen LogP contribution in [0.25, 0.3) is 0 Å². The summed E-state index contributed by atoms with van der Waals surface area (Å²) in [5.74, 6) is 0. The van der Waals surface area contributed by atoms with Gasteiger partial charge in [0, 0.05) is 8.07 Å². The van der Waals surface area contributed by atoms with Crippen LogP contribution < -0.4 is 0 Å². The van der Waals surface area contributed by atoms with Crippen LogP contribution in [0, 0.1) is 0 Å². The molecule has 0 bridgehead atoms. The molecule has 96 valence electrons. The lowest BCUT2D eigenvalue weighted by molar-refractivity contribution is 0.588. The maximum atomic E-state index is 4.22. The maximum absolute atomic E-state index is 4.22. The third-order valence-corrected chi connectivity index (χ3v) is 4.47. The van der Waals surface area contributed by atoms with Gasteiger partial charge in [0.2, 0.25) is 0 Å². The van der Waals surface area contributed by atoms with Gasteiger partial charge in [0.05, 0.1) is 0 Å². The van der Waals surface area contributed by atoms with Gasteiger partial charge < -0.3 is 0 Å². The lowest BCUT2D eigenvalue weighted by atomic mass is 10.1. The summed E-state index contributed by atoms with van der Waals surface area (Å²) in [6.07, 6.45) is 11.1. The number of rotatable bonds is 10. The molecule has 0 nitrogen and oxygen atoms in total. The second-order valence-corrected chi connectivity index (χ2v) is 11.8. The average Bonchev–Trinajstić information content (AvgIpc) is 2.13. The van der Waals surface area contributed by atoms with Gasteiger partial charge in [-0.25, -0.2) is 0 Å². The van der Waals surface area contributed by atoms with Gasteiger partial charge in [-0.2, -0.15) is 0 Å². The standard InChI is InChI=1S/C15H32Si/c1-6-7-8-9-10-11-12-13-15(2)14-16(3,4)5/h2,6-14H2,1,3-5H3. The Morgan fingerprint density at radius 1 is 0.875 bits per heavy atom. The first-order valence-electron chi connectivity index (χ1n) is 7.12. The summed E-state index contributed by atoms with van der Waals surface area (Å²) < 4.78 is 0. The first-order chi connectivity index (χ1) is 7.45. The summed E-state index contributed by atoms with van der Waals surface area (Å²) in [6.45, 7) is 13.8. The minimum atomic E-state index is -0.906. The topological polar surface area (TPSA) is 0 Å². The largest absolute Gasteiger partial charge is 0.100 e. The minimum absolute atomic E-state index is 0.906.